The number of halogens is 1. The summed E-state index contributed by atoms with van der Waals surface area (Å²) in [6.45, 7) is 0. The molecular weight excluding hydrogens is 292 g/mol. The second-order valence-corrected chi connectivity index (χ2v) is 5.45. The fraction of sp³-hybridized carbons (Fsp3) is 0.0667. The molecule has 20 heavy (non-hydrogen) atoms. The summed E-state index contributed by atoms with van der Waals surface area (Å²) in [4.78, 5) is 17.3. The molecule has 0 spiro atoms. The van der Waals surface area contributed by atoms with E-state index in [4.69, 9.17) is 11.6 Å². The molecule has 0 aliphatic rings. The topological polar surface area (TPSA) is 34.9 Å². The summed E-state index contributed by atoms with van der Waals surface area (Å²) < 4.78 is 1.61. The van der Waals surface area contributed by atoms with Gasteiger partial charge in [-0.3, -0.25) is 9.36 Å². The van der Waals surface area contributed by atoms with E-state index >= 15 is 0 Å². The van der Waals surface area contributed by atoms with E-state index in [9.17, 15) is 4.79 Å². The molecule has 1 aromatic heterocycles. The van der Waals surface area contributed by atoms with Crippen LogP contribution in [-0.4, -0.2) is 15.8 Å². The Morgan fingerprint density at radius 2 is 1.90 bits per heavy atom. The van der Waals surface area contributed by atoms with Crippen molar-refractivity contribution in [2.24, 2.45) is 0 Å². The maximum absolute atomic E-state index is 12.7. The molecule has 0 amide bonds. The third-order valence-corrected chi connectivity index (χ3v) is 3.87. The zero-order valence-corrected chi connectivity index (χ0v) is 12.3. The molecule has 0 N–H and O–H groups in total. The predicted octanol–water partition coefficient (Wildman–Crippen LogP) is 3.76. The van der Waals surface area contributed by atoms with Crippen LogP contribution in [0.1, 0.15) is 0 Å². The van der Waals surface area contributed by atoms with Crippen LogP contribution in [0.25, 0.3) is 16.6 Å². The average molecular weight is 303 g/mol. The highest BCUT2D eigenvalue weighted by Crippen LogP contribution is 2.21. The monoisotopic (exact) mass is 302 g/mol. The Hall–Kier alpha value is -1.78. The van der Waals surface area contributed by atoms with Crippen LogP contribution in [0.15, 0.2) is 58.5 Å². The Kier molecular flexibility index (Phi) is 3.51. The van der Waals surface area contributed by atoms with Crippen molar-refractivity contribution in [1.29, 1.82) is 0 Å². The lowest BCUT2D eigenvalue weighted by molar-refractivity contribution is 0.821. The highest BCUT2D eigenvalue weighted by molar-refractivity contribution is 7.98. The summed E-state index contributed by atoms with van der Waals surface area (Å²) in [6.07, 6.45) is 1.91. The van der Waals surface area contributed by atoms with Crippen LogP contribution in [0.3, 0.4) is 0 Å². The molecule has 0 aliphatic carbocycles. The summed E-state index contributed by atoms with van der Waals surface area (Å²) in [6, 6.07) is 14.7. The third kappa shape index (κ3) is 2.21. The minimum absolute atomic E-state index is 0.104. The predicted molar refractivity (Wildman–Crippen MR) is 84.1 cm³/mol. The molecule has 0 atom stereocenters. The summed E-state index contributed by atoms with van der Waals surface area (Å²) in [5, 5.41) is 1.73. The molecule has 3 rings (SSSR count). The first-order valence-electron chi connectivity index (χ1n) is 6.02. The van der Waals surface area contributed by atoms with Crippen molar-refractivity contribution in [3.05, 3.63) is 63.9 Å². The van der Waals surface area contributed by atoms with Gasteiger partial charge < -0.3 is 0 Å². The van der Waals surface area contributed by atoms with Gasteiger partial charge in [0.05, 0.1) is 16.6 Å². The number of benzene rings is 2. The lowest BCUT2D eigenvalue weighted by Crippen LogP contribution is -2.21. The Morgan fingerprint density at radius 1 is 1.15 bits per heavy atom. The summed E-state index contributed by atoms with van der Waals surface area (Å²) in [7, 11) is 0. The van der Waals surface area contributed by atoms with Crippen molar-refractivity contribution in [2.45, 2.75) is 5.16 Å². The Morgan fingerprint density at radius 3 is 2.60 bits per heavy atom. The number of nitrogens with zero attached hydrogens (tertiary/aromatic N) is 2. The second kappa shape index (κ2) is 5.31. The van der Waals surface area contributed by atoms with E-state index in [1.807, 2.05) is 36.6 Å². The summed E-state index contributed by atoms with van der Waals surface area (Å²) >= 11 is 7.42. The molecule has 0 radical (unpaired) electrons. The average Bonchev–Trinajstić information content (AvgIpc) is 2.48. The first-order chi connectivity index (χ1) is 9.70. The van der Waals surface area contributed by atoms with Crippen molar-refractivity contribution in [3.8, 4) is 5.69 Å². The molecule has 5 heteroatoms. The van der Waals surface area contributed by atoms with Gasteiger partial charge in [0, 0.05) is 5.02 Å². The van der Waals surface area contributed by atoms with Crippen LogP contribution in [0.2, 0.25) is 5.02 Å². The van der Waals surface area contributed by atoms with E-state index in [2.05, 4.69) is 4.98 Å². The van der Waals surface area contributed by atoms with E-state index in [-0.39, 0.29) is 5.56 Å². The molecule has 0 bridgehead atoms. The van der Waals surface area contributed by atoms with Gasteiger partial charge in [-0.25, -0.2) is 4.98 Å². The van der Waals surface area contributed by atoms with Crippen molar-refractivity contribution in [2.75, 3.05) is 6.26 Å². The quantitative estimate of drug-likeness (QED) is 0.534. The summed E-state index contributed by atoms with van der Waals surface area (Å²) in [5.41, 5.74) is 1.36. The van der Waals surface area contributed by atoms with Gasteiger partial charge in [0.1, 0.15) is 0 Å². The first-order valence-corrected chi connectivity index (χ1v) is 7.62. The van der Waals surface area contributed by atoms with Crippen LogP contribution in [0.5, 0.6) is 0 Å². The zero-order chi connectivity index (χ0) is 14.1. The highest BCUT2D eigenvalue weighted by atomic mass is 35.5. The Labute approximate surface area is 125 Å². The van der Waals surface area contributed by atoms with Gasteiger partial charge >= 0.3 is 0 Å². The number of hydrogen-bond donors (Lipinski definition) is 0. The van der Waals surface area contributed by atoms with E-state index in [0.717, 1.165) is 5.69 Å². The van der Waals surface area contributed by atoms with Gasteiger partial charge in [-0.2, -0.15) is 0 Å². The molecule has 100 valence electrons. The van der Waals surface area contributed by atoms with Crippen molar-refractivity contribution < 1.29 is 0 Å². The Balaban J connectivity index is 2.41. The molecule has 0 unspecified atom stereocenters. The van der Waals surface area contributed by atoms with Gasteiger partial charge in [-0.1, -0.05) is 41.6 Å². The molecular formula is C15H11ClN2OS. The van der Waals surface area contributed by atoms with Crippen molar-refractivity contribution in [3.63, 3.8) is 0 Å². The van der Waals surface area contributed by atoms with E-state index in [1.54, 1.807) is 22.8 Å². The molecule has 3 aromatic rings. The number of thioether (sulfide) groups is 1. The van der Waals surface area contributed by atoms with Crippen LogP contribution in [-0.2, 0) is 0 Å². The number of para-hydroxylation sites is 1. The number of fused-ring (bicyclic) bond motifs is 1. The van der Waals surface area contributed by atoms with Gasteiger partial charge in [0.2, 0.25) is 0 Å². The van der Waals surface area contributed by atoms with Crippen LogP contribution < -0.4 is 5.56 Å². The number of rotatable bonds is 2. The first kappa shape index (κ1) is 13.2. The van der Waals surface area contributed by atoms with E-state index in [1.165, 1.54) is 11.8 Å². The van der Waals surface area contributed by atoms with Gasteiger partial charge in [-0.05, 0) is 36.6 Å². The lowest BCUT2D eigenvalue weighted by atomic mass is 10.2. The molecule has 1 heterocycles. The SMILES string of the molecule is CSc1nc2ccc(Cl)cc2c(=O)n1-c1ccccc1. The minimum Gasteiger partial charge on any atom is -0.268 e. The minimum atomic E-state index is -0.104. The lowest BCUT2D eigenvalue weighted by Gasteiger charge is -2.11. The van der Waals surface area contributed by atoms with Crippen molar-refractivity contribution in [1.82, 2.24) is 9.55 Å². The highest BCUT2D eigenvalue weighted by Gasteiger charge is 2.12. The normalized spacial score (nSPS) is 10.9. The molecule has 0 saturated carbocycles. The van der Waals surface area contributed by atoms with E-state index < -0.39 is 0 Å². The molecule has 0 aliphatic heterocycles. The van der Waals surface area contributed by atoms with E-state index in [0.29, 0.717) is 21.1 Å². The van der Waals surface area contributed by atoms with Crippen molar-refractivity contribution >= 4 is 34.3 Å². The van der Waals surface area contributed by atoms with Gasteiger partial charge in [-0.15, -0.1) is 0 Å². The second-order valence-electron chi connectivity index (χ2n) is 4.24. The molecule has 3 nitrogen and oxygen atoms in total. The fourth-order valence-corrected chi connectivity index (χ4v) is 2.81. The largest absolute Gasteiger partial charge is 0.268 e. The molecule has 0 saturated heterocycles. The zero-order valence-electron chi connectivity index (χ0n) is 10.7. The van der Waals surface area contributed by atoms with Gasteiger partial charge in [0.25, 0.3) is 5.56 Å². The number of aromatic nitrogens is 2. The molecule has 0 fully saturated rings. The maximum Gasteiger partial charge on any atom is 0.266 e. The third-order valence-electron chi connectivity index (χ3n) is 3.00. The summed E-state index contributed by atoms with van der Waals surface area (Å²) in [5.74, 6) is 0. The number of hydrogen-bond acceptors (Lipinski definition) is 3. The van der Waals surface area contributed by atoms with Crippen LogP contribution in [0.4, 0.5) is 0 Å². The Bertz CT molecular complexity index is 830. The fourth-order valence-electron chi connectivity index (χ4n) is 2.08. The van der Waals surface area contributed by atoms with Gasteiger partial charge in [0.15, 0.2) is 5.16 Å². The van der Waals surface area contributed by atoms with Crippen LogP contribution >= 0.6 is 23.4 Å². The molecule has 2 aromatic carbocycles. The van der Waals surface area contributed by atoms with Crippen LogP contribution in [0, 0.1) is 0 Å². The standard InChI is InChI=1S/C15H11ClN2OS/c1-20-15-17-13-8-7-10(16)9-12(13)14(19)18(15)11-5-3-2-4-6-11/h2-9H,1H3. The maximum atomic E-state index is 12.7. The smallest absolute Gasteiger partial charge is 0.266 e.